The normalized spacial score (nSPS) is 19.5. The molecule has 1 aromatic carbocycles. The molecule has 33 heavy (non-hydrogen) atoms. The highest BCUT2D eigenvalue weighted by molar-refractivity contribution is 7.84. The van der Waals surface area contributed by atoms with Crippen LogP contribution in [0.1, 0.15) is 43.0 Å². The van der Waals surface area contributed by atoms with Crippen LogP contribution in [-0.4, -0.2) is 56.3 Å². The lowest BCUT2D eigenvalue weighted by Crippen LogP contribution is -2.38. The van der Waals surface area contributed by atoms with Crippen LogP contribution in [0.4, 0.5) is 17.5 Å². The molecule has 2 aromatic heterocycles. The molecule has 4 heterocycles. The first-order chi connectivity index (χ1) is 16.1. The molecule has 2 aliphatic heterocycles. The van der Waals surface area contributed by atoms with Crippen LogP contribution in [0.25, 0.3) is 0 Å². The van der Waals surface area contributed by atoms with E-state index in [1.165, 1.54) is 18.4 Å². The third kappa shape index (κ3) is 4.19. The van der Waals surface area contributed by atoms with Crippen LogP contribution in [0.5, 0.6) is 5.88 Å². The van der Waals surface area contributed by atoms with Crippen LogP contribution in [0.3, 0.4) is 0 Å². The second kappa shape index (κ2) is 8.40. The third-order valence-electron chi connectivity index (χ3n) is 6.56. The Kier molecular flexibility index (Phi) is 5.24. The first-order valence-corrected chi connectivity index (χ1v) is 13.0. The van der Waals surface area contributed by atoms with Gasteiger partial charge in [-0.05, 0) is 43.0 Å². The van der Waals surface area contributed by atoms with E-state index >= 15 is 0 Å². The molecule has 6 rings (SSSR count). The van der Waals surface area contributed by atoms with Crippen molar-refractivity contribution in [1.82, 2.24) is 20.1 Å². The molecule has 0 bridgehead atoms. The summed E-state index contributed by atoms with van der Waals surface area (Å²) in [5, 5.41) is 4.12. The number of hydrogen-bond donors (Lipinski definition) is 0. The zero-order valence-corrected chi connectivity index (χ0v) is 19.3. The van der Waals surface area contributed by atoms with E-state index in [1.54, 1.807) is 12.6 Å². The van der Waals surface area contributed by atoms with Crippen molar-refractivity contribution in [1.29, 1.82) is 0 Å². The Morgan fingerprint density at radius 1 is 1.09 bits per heavy atom. The van der Waals surface area contributed by atoms with Gasteiger partial charge in [-0.15, -0.1) is 0 Å². The Balaban J connectivity index is 1.10. The zero-order chi connectivity index (χ0) is 22.4. The third-order valence-corrected chi connectivity index (χ3v) is 7.47. The molecular formula is C23H26N6O3S. The SMILES string of the molecule is CS(=O)c1ccc2c(c1)CCN2c1cc(OC2CCN(c3nc(C4CC4)no3)CC2)ncn1. The molecule has 10 heteroatoms. The standard InChI is InChI=1S/C23H26N6O3S/c1-33(30)18-4-5-19-16(12-18)6-11-29(19)20-13-21(25-14-24-20)31-17-7-9-28(10-8-17)23-26-22(27-32-23)15-2-3-15/h4-5,12-15,17H,2-3,6-11H2,1H3. The highest BCUT2D eigenvalue weighted by atomic mass is 32.2. The summed E-state index contributed by atoms with van der Waals surface area (Å²) in [6, 6.07) is 8.53. The molecule has 1 saturated carbocycles. The molecule has 172 valence electrons. The monoisotopic (exact) mass is 466 g/mol. The summed E-state index contributed by atoms with van der Waals surface area (Å²) in [4.78, 5) is 18.6. The van der Waals surface area contributed by atoms with Gasteiger partial charge in [0.15, 0.2) is 5.82 Å². The molecular weight excluding hydrogens is 440 g/mol. The van der Waals surface area contributed by atoms with E-state index in [2.05, 4.69) is 29.9 Å². The minimum absolute atomic E-state index is 0.0859. The Hall–Kier alpha value is -3.01. The van der Waals surface area contributed by atoms with E-state index in [-0.39, 0.29) is 6.10 Å². The van der Waals surface area contributed by atoms with E-state index in [4.69, 9.17) is 9.26 Å². The minimum Gasteiger partial charge on any atom is -0.474 e. The Bertz CT molecular complexity index is 1190. The molecule has 0 amide bonds. The Morgan fingerprint density at radius 3 is 2.73 bits per heavy atom. The molecule has 9 nitrogen and oxygen atoms in total. The molecule has 1 saturated heterocycles. The summed E-state index contributed by atoms with van der Waals surface area (Å²) in [7, 11) is -0.979. The van der Waals surface area contributed by atoms with Gasteiger partial charge in [0.05, 0.1) is 0 Å². The quantitative estimate of drug-likeness (QED) is 0.542. The predicted molar refractivity (Wildman–Crippen MR) is 124 cm³/mol. The van der Waals surface area contributed by atoms with Gasteiger partial charge in [0.25, 0.3) is 0 Å². The maximum absolute atomic E-state index is 11.8. The van der Waals surface area contributed by atoms with E-state index in [9.17, 15) is 4.21 Å². The molecule has 3 aliphatic rings. The van der Waals surface area contributed by atoms with Crippen molar-refractivity contribution in [3.8, 4) is 5.88 Å². The van der Waals surface area contributed by atoms with Crippen molar-refractivity contribution in [2.45, 2.75) is 49.0 Å². The van der Waals surface area contributed by atoms with E-state index in [1.807, 2.05) is 24.3 Å². The van der Waals surface area contributed by atoms with Crippen LogP contribution in [-0.2, 0) is 17.2 Å². The number of piperidine rings is 1. The molecule has 0 radical (unpaired) electrons. The first-order valence-electron chi connectivity index (χ1n) is 11.5. The van der Waals surface area contributed by atoms with Crippen molar-refractivity contribution >= 4 is 28.3 Å². The summed E-state index contributed by atoms with van der Waals surface area (Å²) in [5.41, 5.74) is 2.30. The molecule has 1 unspecified atom stereocenters. The fourth-order valence-electron chi connectivity index (χ4n) is 4.53. The van der Waals surface area contributed by atoms with E-state index < -0.39 is 10.8 Å². The fraction of sp³-hybridized carbons (Fsp3) is 0.478. The first kappa shape index (κ1) is 20.6. The lowest BCUT2D eigenvalue weighted by Gasteiger charge is -2.30. The number of rotatable bonds is 6. The van der Waals surface area contributed by atoms with Crippen LogP contribution < -0.4 is 14.5 Å². The van der Waals surface area contributed by atoms with E-state index in [0.717, 1.165) is 61.1 Å². The van der Waals surface area contributed by atoms with Gasteiger partial charge in [0.2, 0.25) is 5.88 Å². The number of hydrogen-bond acceptors (Lipinski definition) is 9. The van der Waals surface area contributed by atoms with E-state index in [0.29, 0.717) is 17.8 Å². The summed E-state index contributed by atoms with van der Waals surface area (Å²) in [6.07, 6.45) is 8.32. The number of anilines is 3. The van der Waals surface area contributed by atoms with Gasteiger partial charge in [-0.1, -0.05) is 5.16 Å². The Labute approximate surface area is 194 Å². The van der Waals surface area contributed by atoms with Gasteiger partial charge in [0.1, 0.15) is 18.2 Å². The number of benzene rings is 1. The summed E-state index contributed by atoms with van der Waals surface area (Å²) in [6.45, 7) is 2.46. The second-order valence-electron chi connectivity index (χ2n) is 8.87. The fourth-order valence-corrected chi connectivity index (χ4v) is 5.10. The average molecular weight is 467 g/mol. The minimum atomic E-state index is -0.979. The van der Waals surface area contributed by atoms with Gasteiger partial charge < -0.3 is 19.1 Å². The zero-order valence-electron chi connectivity index (χ0n) is 18.5. The number of ether oxygens (including phenoxy) is 1. The number of aromatic nitrogens is 4. The molecule has 2 fully saturated rings. The lowest BCUT2D eigenvalue weighted by molar-refractivity contribution is 0.161. The lowest BCUT2D eigenvalue weighted by atomic mass is 10.1. The summed E-state index contributed by atoms with van der Waals surface area (Å²) in [5.74, 6) is 2.75. The Morgan fingerprint density at radius 2 is 1.94 bits per heavy atom. The average Bonchev–Trinajstić information content (AvgIpc) is 3.40. The van der Waals surface area contributed by atoms with Crippen LogP contribution in [0.15, 0.2) is 40.0 Å². The molecule has 1 aliphatic carbocycles. The van der Waals surface area contributed by atoms with Gasteiger partial charge in [-0.3, -0.25) is 4.21 Å². The van der Waals surface area contributed by atoms with Crippen LogP contribution >= 0.6 is 0 Å². The van der Waals surface area contributed by atoms with Gasteiger partial charge in [0, 0.05) is 72.1 Å². The van der Waals surface area contributed by atoms with Gasteiger partial charge in [-0.2, -0.15) is 4.98 Å². The summed E-state index contributed by atoms with van der Waals surface area (Å²) < 4.78 is 23.5. The highest BCUT2D eigenvalue weighted by Crippen LogP contribution is 2.39. The number of fused-ring (bicyclic) bond motifs is 1. The van der Waals surface area contributed by atoms with Crippen molar-refractivity contribution in [2.24, 2.45) is 0 Å². The highest BCUT2D eigenvalue weighted by Gasteiger charge is 2.31. The van der Waals surface area contributed by atoms with Crippen LogP contribution in [0.2, 0.25) is 0 Å². The molecule has 1 atom stereocenters. The molecule has 3 aromatic rings. The largest absolute Gasteiger partial charge is 0.474 e. The van der Waals surface area contributed by atoms with Crippen LogP contribution in [0, 0.1) is 0 Å². The van der Waals surface area contributed by atoms with Gasteiger partial charge in [-0.25, -0.2) is 9.97 Å². The maximum Gasteiger partial charge on any atom is 0.324 e. The van der Waals surface area contributed by atoms with Gasteiger partial charge >= 0.3 is 6.01 Å². The van der Waals surface area contributed by atoms with Crippen molar-refractivity contribution in [2.75, 3.05) is 35.7 Å². The molecule has 0 N–H and O–H groups in total. The topological polar surface area (TPSA) is 97.5 Å². The summed E-state index contributed by atoms with van der Waals surface area (Å²) >= 11 is 0. The smallest absolute Gasteiger partial charge is 0.324 e. The second-order valence-corrected chi connectivity index (χ2v) is 10.3. The van der Waals surface area contributed by atoms with Crippen molar-refractivity contribution in [3.05, 3.63) is 42.0 Å². The number of nitrogens with zero attached hydrogens (tertiary/aromatic N) is 6. The van der Waals surface area contributed by atoms with Crippen molar-refractivity contribution in [3.63, 3.8) is 0 Å². The van der Waals surface area contributed by atoms with Crippen molar-refractivity contribution < 1.29 is 13.5 Å². The maximum atomic E-state index is 11.8. The molecule has 0 spiro atoms. The predicted octanol–water partition coefficient (Wildman–Crippen LogP) is 3.22.